The van der Waals surface area contributed by atoms with Crippen LogP contribution in [0.3, 0.4) is 0 Å². The SMILES string of the molecule is OC1(CNc2ccnc(Cl)n2)CCOC1. The predicted molar refractivity (Wildman–Crippen MR) is 55.9 cm³/mol. The van der Waals surface area contributed by atoms with Crippen LogP contribution in [-0.4, -0.2) is 40.4 Å². The lowest BCUT2D eigenvalue weighted by Gasteiger charge is -2.20. The Kier molecular flexibility index (Phi) is 3.04. The van der Waals surface area contributed by atoms with E-state index >= 15 is 0 Å². The lowest BCUT2D eigenvalue weighted by atomic mass is 10.0. The van der Waals surface area contributed by atoms with Crippen molar-refractivity contribution in [3.05, 3.63) is 17.5 Å². The van der Waals surface area contributed by atoms with Gasteiger partial charge >= 0.3 is 0 Å². The molecule has 82 valence electrons. The zero-order valence-corrected chi connectivity index (χ0v) is 8.87. The average molecular weight is 230 g/mol. The molecule has 1 aromatic rings. The van der Waals surface area contributed by atoms with E-state index in [4.69, 9.17) is 16.3 Å². The van der Waals surface area contributed by atoms with Gasteiger partial charge in [0.25, 0.3) is 0 Å². The summed E-state index contributed by atoms with van der Waals surface area (Å²) in [6, 6.07) is 1.70. The van der Waals surface area contributed by atoms with Gasteiger partial charge in [0.15, 0.2) is 0 Å². The molecular formula is C9H12ClN3O2. The molecule has 0 amide bonds. The third kappa shape index (κ3) is 2.77. The van der Waals surface area contributed by atoms with E-state index in [1.54, 1.807) is 12.3 Å². The second-order valence-electron chi connectivity index (χ2n) is 3.59. The quantitative estimate of drug-likeness (QED) is 0.747. The van der Waals surface area contributed by atoms with E-state index in [0.29, 0.717) is 32.0 Å². The highest BCUT2D eigenvalue weighted by Gasteiger charge is 2.31. The molecule has 1 atom stereocenters. The van der Waals surface area contributed by atoms with Crippen molar-refractivity contribution < 1.29 is 9.84 Å². The molecule has 5 nitrogen and oxygen atoms in total. The highest BCUT2D eigenvalue weighted by molar-refractivity contribution is 6.28. The first-order chi connectivity index (χ1) is 7.18. The number of anilines is 1. The van der Waals surface area contributed by atoms with Gasteiger partial charge in [0.05, 0.1) is 6.61 Å². The van der Waals surface area contributed by atoms with Crippen molar-refractivity contribution in [3.63, 3.8) is 0 Å². The van der Waals surface area contributed by atoms with Crippen LogP contribution in [0.1, 0.15) is 6.42 Å². The Hall–Kier alpha value is -0.910. The van der Waals surface area contributed by atoms with Crippen LogP contribution < -0.4 is 5.32 Å². The maximum atomic E-state index is 9.96. The van der Waals surface area contributed by atoms with Crippen molar-refractivity contribution in [2.24, 2.45) is 0 Å². The van der Waals surface area contributed by atoms with Gasteiger partial charge in [0.2, 0.25) is 5.28 Å². The molecule has 2 heterocycles. The van der Waals surface area contributed by atoms with Gasteiger partial charge in [-0.1, -0.05) is 0 Å². The number of hydrogen-bond donors (Lipinski definition) is 2. The normalized spacial score (nSPS) is 25.5. The Morgan fingerprint density at radius 1 is 1.67 bits per heavy atom. The molecular weight excluding hydrogens is 218 g/mol. The number of nitrogens with one attached hydrogen (secondary N) is 1. The zero-order chi connectivity index (χ0) is 10.7. The van der Waals surface area contributed by atoms with Crippen molar-refractivity contribution in [1.29, 1.82) is 0 Å². The fourth-order valence-electron chi connectivity index (χ4n) is 1.42. The number of aliphatic hydroxyl groups is 1. The van der Waals surface area contributed by atoms with Gasteiger partial charge in [-0.15, -0.1) is 0 Å². The molecule has 0 radical (unpaired) electrons. The van der Waals surface area contributed by atoms with Crippen molar-refractivity contribution in [1.82, 2.24) is 9.97 Å². The van der Waals surface area contributed by atoms with E-state index in [-0.39, 0.29) is 5.28 Å². The Morgan fingerprint density at radius 2 is 2.53 bits per heavy atom. The molecule has 1 aliphatic rings. The molecule has 6 heteroatoms. The van der Waals surface area contributed by atoms with E-state index in [9.17, 15) is 5.11 Å². The molecule has 15 heavy (non-hydrogen) atoms. The van der Waals surface area contributed by atoms with E-state index < -0.39 is 5.60 Å². The molecule has 0 saturated carbocycles. The fourth-order valence-corrected chi connectivity index (χ4v) is 1.57. The van der Waals surface area contributed by atoms with Crippen molar-refractivity contribution in [2.75, 3.05) is 25.1 Å². The molecule has 1 fully saturated rings. The van der Waals surface area contributed by atoms with Gasteiger partial charge in [-0.05, 0) is 17.7 Å². The van der Waals surface area contributed by atoms with Crippen LogP contribution in [0.4, 0.5) is 5.82 Å². The minimum absolute atomic E-state index is 0.190. The van der Waals surface area contributed by atoms with Crippen LogP contribution in [0.5, 0.6) is 0 Å². The maximum absolute atomic E-state index is 9.96. The number of aromatic nitrogens is 2. The first kappa shape index (κ1) is 10.6. The standard InChI is InChI=1S/C9H12ClN3O2/c10-8-11-3-1-7(13-8)12-5-9(14)2-4-15-6-9/h1,3,14H,2,4-6H2,(H,11,12,13). The molecule has 0 bridgehead atoms. The first-order valence-electron chi connectivity index (χ1n) is 4.71. The summed E-state index contributed by atoms with van der Waals surface area (Å²) >= 11 is 5.63. The monoisotopic (exact) mass is 229 g/mol. The largest absolute Gasteiger partial charge is 0.386 e. The number of nitrogens with zero attached hydrogens (tertiary/aromatic N) is 2. The third-order valence-corrected chi connectivity index (χ3v) is 2.49. The number of halogens is 1. The van der Waals surface area contributed by atoms with E-state index in [1.807, 2.05) is 0 Å². The van der Waals surface area contributed by atoms with Crippen molar-refractivity contribution >= 4 is 17.4 Å². The van der Waals surface area contributed by atoms with Gasteiger partial charge in [0, 0.05) is 25.8 Å². The van der Waals surface area contributed by atoms with Gasteiger partial charge in [0.1, 0.15) is 11.4 Å². The molecule has 0 aliphatic carbocycles. The smallest absolute Gasteiger partial charge is 0.224 e. The second kappa shape index (κ2) is 4.30. The van der Waals surface area contributed by atoms with Crippen molar-refractivity contribution in [3.8, 4) is 0 Å². The minimum atomic E-state index is -0.794. The predicted octanol–water partition coefficient (Wildman–Crippen LogP) is 0.693. The van der Waals surface area contributed by atoms with E-state index in [0.717, 1.165) is 0 Å². The van der Waals surface area contributed by atoms with Gasteiger partial charge in [-0.2, -0.15) is 0 Å². The first-order valence-corrected chi connectivity index (χ1v) is 5.08. The van der Waals surface area contributed by atoms with Crippen LogP contribution >= 0.6 is 11.6 Å². The molecule has 1 aromatic heterocycles. The molecule has 0 spiro atoms. The Morgan fingerprint density at radius 3 is 3.20 bits per heavy atom. The highest BCUT2D eigenvalue weighted by atomic mass is 35.5. The fraction of sp³-hybridized carbons (Fsp3) is 0.556. The second-order valence-corrected chi connectivity index (χ2v) is 3.93. The minimum Gasteiger partial charge on any atom is -0.386 e. The number of rotatable bonds is 3. The van der Waals surface area contributed by atoms with Gasteiger partial charge < -0.3 is 15.2 Å². The summed E-state index contributed by atoms with van der Waals surface area (Å²) in [6.07, 6.45) is 2.20. The summed E-state index contributed by atoms with van der Waals surface area (Å²) in [4.78, 5) is 7.72. The van der Waals surface area contributed by atoms with Crippen LogP contribution in [0, 0.1) is 0 Å². The molecule has 2 rings (SSSR count). The lowest BCUT2D eigenvalue weighted by Crippen LogP contribution is -2.37. The number of ether oxygens (including phenoxy) is 1. The van der Waals surface area contributed by atoms with Crippen LogP contribution in [0.15, 0.2) is 12.3 Å². The summed E-state index contributed by atoms with van der Waals surface area (Å²) in [7, 11) is 0. The molecule has 1 unspecified atom stereocenters. The van der Waals surface area contributed by atoms with E-state index in [2.05, 4.69) is 15.3 Å². The molecule has 2 N–H and O–H groups in total. The molecule has 1 aliphatic heterocycles. The summed E-state index contributed by atoms with van der Waals surface area (Å²) in [5.41, 5.74) is -0.794. The topological polar surface area (TPSA) is 67.3 Å². The van der Waals surface area contributed by atoms with Crippen LogP contribution in [0.2, 0.25) is 5.28 Å². The summed E-state index contributed by atoms with van der Waals surface area (Å²) in [5, 5.41) is 13.1. The van der Waals surface area contributed by atoms with Crippen LogP contribution in [-0.2, 0) is 4.74 Å². The molecule has 0 aromatic carbocycles. The maximum Gasteiger partial charge on any atom is 0.224 e. The van der Waals surface area contributed by atoms with Crippen molar-refractivity contribution in [2.45, 2.75) is 12.0 Å². The average Bonchev–Trinajstić information content (AvgIpc) is 2.63. The Labute approximate surface area is 92.5 Å². The number of hydrogen-bond acceptors (Lipinski definition) is 5. The lowest BCUT2D eigenvalue weighted by molar-refractivity contribution is 0.0381. The summed E-state index contributed by atoms with van der Waals surface area (Å²) in [5.74, 6) is 0.607. The third-order valence-electron chi connectivity index (χ3n) is 2.31. The molecule has 1 saturated heterocycles. The zero-order valence-electron chi connectivity index (χ0n) is 8.11. The summed E-state index contributed by atoms with van der Waals surface area (Å²) in [6.45, 7) is 1.36. The highest BCUT2D eigenvalue weighted by Crippen LogP contribution is 2.18. The van der Waals surface area contributed by atoms with Crippen LogP contribution in [0.25, 0.3) is 0 Å². The van der Waals surface area contributed by atoms with Gasteiger partial charge in [-0.25, -0.2) is 9.97 Å². The Bertz CT molecular complexity index is 342. The van der Waals surface area contributed by atoms with E-state index in [1.165, 1.54) is 0 Å². The Balaban J connectivity index is 1.92. The summed E-state index contributed by atoms with van der Waals surface area (Å²) < 4.78 is 5.12. The van der Waals surface area contributed by atoms with Gasteiger partial charge in [-0.3, -0.25) is 0 Å².